The molecule has 0 spiro atoms. The normalized spacial score (nSPS) is 11.2. The van der Waals surface area contributed by atoms with Gasteiger partial charge in [0, 0.05) is 23.3 Å². The van der Waals surface area contributed by atoms with E-state index in [-0.39, 0.29) is 16.3 Å². The zero-order valence-electron chi connectivity index (χ0n) is 12.0. The Morgan fingerprint density at radius 3 is 2.48 bits per heavy atom. The van der Waals surface area contributed by atoms with E-state index in [1.54, 1.807) is 11.8 Å². The minimum Gasteiger partial charge on any atom is -0.379 e. The number of nitrogens with two attached hydrogens (primary N) is 1. The summed E-state index contributed by atoms with van der Waals surface area (Å²) in [6.45, 7) is 0.495. The van der Waals surface area contributed by atoms with Crippen LogP contribution in [0.5, 0.6) is 0 Å². The Balaban J connectivity index is 2.03. The molecule has 0 radical (unpaired) electrons. The summed E-state index contributed by atoms with van der Waals surface area (Å²) in [6, 6.07) is 13.3. The van der Waals surface area contributed by atoms with Crippen LogP contribution in [0.4, 0.5) is 11.4 Å². The van der Waals surface area contributed by atoms with Gasteiger partial charge in [0.2, 0.25) is 10.0 Å². The maximum atomic E-state index is 11.3. The molecule has 0 aliphatic carbocycles. The highest BCUT2D eigenvalue weighted by Crippen LogP contribution is 2.27. The van der Waals surface area contributed by atoms with Crippen molar-refractivity contribution in [2.45, 2.75) is 9.79 Å². The average molecular weight is 353 g/mol. The van der Waals surface area contributed by atoms with Crippen LogP contribution in [0.15, 0.2) is 58.3 Å². The molecule has 0 atom stereocenters. The van der Waals surface area contributed by atoms with Crippen molar-refractivity contribution in [3.63, 3.8) is 0 Å². The molecule has 2 aromatic rings. The first-order valence-corrected chi connectivity index (χ1v) is 9.14. The number of hydrogen-bond acceptors (Lipinski definition) is 6. The summed E-state index contributed by atoms with van der Waals surface area (Å²) in [5.74, 6) is 0.706. The molecule has 3 N–H and O–H groups in total. The quantitative estimate of drug-likeness (QED) is 0.342. The summed E-state index contributed by atoms with van der Waals surface area (Å²) in [6.07, 6.45) is 0. The van der Waals surface area contributed by atoms with E-state index >= 15 is 0 Å². The number of primary sulfonamides is 1. The number of nitrogens with one attached hydrogen (secondary N) is 1. The molecule has 0 bridgehead atoms. The van der Waals surface area contributed by atoms with Gasteiger partial charge < -0.3 is 5.32 Å². The molecule has 0 aliphatic rings. The summed E-state index contributed by atoms with van der Waals surface area (Å²) in [5.41, 5.74) is -0.0581. The fourth-order valence-electron chi connectivity index (χ4n) is 1.86. The zero-order chi connectivity index (χ0) is 16.9. The number of nitro groups is 1. The smallest absolute Gasteiger partial charge is 0.293 e. The third-order valence-electron chi connectivity index (χ3n) is 2.92. The standard InChI is InChI=1S/C14H15N3O4S2/c15-23(20,21)12-6-7-13(14(10-12)17(18)19)16-8-9-22-11-4-2-1-3-5-11/h1-7,10,16H,8-9H2,(H2,15,20,21). The van der Waals surface area contributed by atoms with Gasteiger partial charge in [-0.25, -0.2) is 13.6 Å². The van der Waals surface area contributed by atoms with Crippen molar-refractivity contribution in [1.82, 2.24) is 0 Å². The molecule has 0 fully saturated rings. The maximum absolute atomic E-state index is 11.3. The van der Waals surface area contributed by atoms with Crippen LogP contribution in [-0.2, 0) is 10.0 Å². The van der Waals surface area contributed by atoms with Crippen LogP contribution in [0.25, 0.3) is 0 Å². The number of sulfonamides is 1. The molecule has 7 nitrogen and oxygen atoms in total. The lowest BCUT2D eigenvalue weighted by Gasteiger charge is -2.08. The molecule has 23 heavy (non-hydrogen) atoms. The van der Waals surface area contributed by atoms with Crippen LogP contribution < -0.4 is 10.5 Å². The van der Waals surface area contributed by atoms with E-state index < -0.39 is 14.9 Å². The summed E-state index contributed by atoms with van der Waals surface area (Å²) >= 11 is 1.61. The lowest BCUT2D eigenvalue weighted by Crippen LogP contribution is -2.13. The van der Waals surface area contributed by atoms with Crippen molar-refractivity contribution in [3.8, 4) is 0 Å². The molecular weight excluding hydrogens is 338 g/mol. The number of hydrogen-bond donors (Lipinski definition) is 2. The second kappa shape index (κ2) is 7.44. The van der Waals surface area contributed by atoms with Gasteiger partial charge >= 0.3 is 0 Å². The monoisotopic (exact) mass is 353 g/mol. The van der Waals surface area contributed by atoms with E-state index in [1.165, 1.54) is 12.1 Å². The predicted molar refractivity (Wildman–Crippen MR) is 90.1 cm³/mol. The molecule has 0 aliphatic heterocycles. The number of anilines is 1. The Labute approximate surface area is 138 Å². The SMILES string of the molecule is NS(=O)(=O)c1ccc(NCCSc2ccccc2)c([N+](=O)[O-])c1. The molecule has 0 saturated heterocycles. The van der Waals surface area contributed by atoms with Crippen LogP contribution in [0.2, 0.25) is 0 Å². The zero-order valence-corrected chi connectivity index (χ0v) is 13.6. The summed E-state index contributed by atoms with van der Waals surface area (Å²) < 4.78 is 22.5. The second-order valence-corrected chi connectivity index (χ2v) is 7.30. The third kappa shape index (κ3) is 4.95. The molecule has 2 rings (SSSR count). The summed E-state index contributed by atoms with van der Waals surface area (Å²) in [4.78, 5) is 11.3. The highest BCUT2D eigenvalue weighted by Gasteiger charge is 2.18. The largest absolute Gasteiger partial charge is 0.379 e. The van der Waals surface area contributed by atoms with Gasteiger partial charge in [-0.05, 0) is 24.3 Å². The molecule has 2 aromatic carbocycles. The van der Waals surface area contributed by atoms with E-state index in [1.807, 2.05) is 30.3 Å². The summed E-state index contributed by atoms with van der Waals surface area (Å²) in [7, 11) is -3.97. The maximum Gasteiger partial charge on any atom is 0.293 e. The predicted octanol–water partition coefficient (Wildman–Crippen LogP) is 2.45. The third-order valence-corrected chi connectivity index (χ3v) is 4.85. The Kier molecular flexibility index (Phi) is 5.59. The number of rotatable bonds is 7. The number of thioether (sulfide) groups is 1. The molecule has 0 saturated carbocycles. The van der Waals surface area contributed by atoms with E-state index in [0.717, 1.165) is 11.0 Å². The van der Waals surface area contributed by atoms with E-state index in [9.17, 15) is 18.5 Å². The van der Waals surface area contributed by atoms with Crippen molar-refractivity contribution >= 4 is 33.2 Å². The Hall–Kier alpha value is -2.10. The first-order chi connectivity index (χ1) is 10.9. The minimum atomic E-state index is -3.97. The molecule has 0 amide bonds. The van der Waals surface area contributed by atoms with Crippen LogP contribution >= 0.6 is 11.8 Å². The lowest BCUT2D eigenvalue weighted by molar-refractivity contribution is -0.384. The number of benzene rings is 2. The minimum absolute atomic E-state index is 0.260. The Morgan fingerprint density at radius 1 is 1.17 bits per heavy atom. The first-order valence-electron chi connectivity index (χ1n) is 6.61. The fraction of sp³-hybridized carbons (Fsp3) is 0.143. The average Bonchev–Trinajstić information content (AvgIpc) is 2.51. The molecule has 0 aromatic heterocycles. The van der Waals surface area contributed by atoms with Crippen molar-refractivity contribution in [2.75, 3.05) is 17.6 Å². The Bertz CT molecular complexity index is 795. The first kappa shape index (κ1) is 17.3. The van der Waals surface area contributed by atoms with Gasteiger partial charge in [-0.15, -0.1) is 11.8 Å². The lowest BCUT2D eigenvalue weighted by atomic mass is 10.2. The van der Waals surface area contributed by atoms with Gasteiger partial charge in [-0.1, -0.05) is 18.2 Å². The van der Waals surface area contributed by atoms with Gasteiger partial charge in [-0.2, -0.15) is 0 Å². The molecular formula is C14H15N3O4S2. The highest BCUT2D eigenvalue weighted by molar-refractivity contribution is 7.99. The van der Waals surface area contributed by atoms with Gasteiger partial charge in [0.1, 0.15) is 5.69 Å². The van der Waals surface area contributed by atoms with Gasteiger partial charge in [-0.3, -0.25) is 10.1 Å². The topological polar surface area (TPSA) is 115 Å². The molecule has 0 heterocycles. The van der Waals surface area contributed by atoms with Crippen molar-refractivity contribution < 1.29 is 13.3 Å². The van der Waals surface area contributed by atoms with E-state index in [0.29, 0.717) is 12.3 Å². The van der Waals surface area contributed by atoms with Crippen molar-refractivity contribution in [1.29, 1.82) is 0 Å². The van der Waals surface area contributed by atoms with Gasteiger partial charge in [0.25, 0.3) is 5.69 Å². The Morgan fingerprint density at radius 2 is 1.87 bits per heavy atom. The number of nitrogens with zero attached hydrogens (tertiary/aromatic N) is 1. The molecule has 122 valence electrons. The van der Waals surface area contributed by atoms with Crippen molar-refractivity contribution in [2.24, 2.45) is 5.14 Å². The van der Waals surface area contributed by atoms with Crippen LogP contribution in [0.1, 0.15) is 0 Å². The van der Waals surface area contributed by atoms with Crippen LogP contribution in [-0.4, -0.2) is 25.6 Å². The van der Waals surface area contributed by atoms with E-state index in [2.05, 4.69) is 5.32 Å². The highest BCUT2D eigenvalue weighted by atomic mass is 32.2. The molecule has 9 heteroatoms. The molecule has 0 unspecified atom stereocenters. The van der Waals surface area contributed by atoms with Gasteiger partial charge in [0.15, 0.2) is 0 Å². The fourth-order valence-corrected chi connectivity index (χ4v) is 3.18. The van der Waals surface area contributed by atoms with Crippen LogP contribution in [0.3, 0.4) is 0 Å². The van der Waals surface area contributed by atoms with Gasteiger partial charge in [0.05, 0.1) is 9.82 Å². The van der Waals surface area contributed by atoms with Crippen LogP contribution in [0, 0.1) is 10.1 Å². The number of nitro benzene ring substituents is 1. The van der Waals surface area contributed by atoms with E-state index in [4.69, 9.17) is 5.14 Å². The summed E-state index contributed by atoms with van der Waals surface area (Å²) in [5, 5.41) is 19.0. The second-order valence-electron chi connectivity index (χ2n) is 4.57. The van der Waals surface area contributed by atoms with Crippen molar-refractivity contribution in [3.05, 3.63) is 58.6 Å².